The third-order valence-electron chi connectivity index (χ3n) is 5.16. The number of carbonyl (C=O) groups is 1. The minimum atomic E-state index is -0.208. The van der Waals surface area contributed by atoms with E-state index in [9.17, 15) is 9.59 Å². The number of hydrogen-bond acceptors (Lipinski definition) is 4. The molecule has 2 aromatic carbocycles. The fraction of sp³-hybridized carbons (Fsp3) is 0.261. The van der Waals surface area contributed by atoms with Crippen LogP contribution in [0.25, 0.3) is 0 Å². The molecule has 0 radical (unpaired) electrons. The summed E-state index contributed by atoms with van der Waals surface area (Å²) in [7, 11) is 0. The molecule has 29 heavy (non-hydrogen) atoms. The average Bonchev–Trinajstić information content (AvgIpc) is 2.74. The number of nitrogens with zero attached hydrogens (tertiary/aromatic N) is 3. The van der Waals surface area contributed by atoms with E-state index in [2.05, 4.69) is 27.3 Å². The summed E-state index contributed by atoms with van der Waals surface area (Å²) in [6.45, 7) is 3.63. The monoisotopic (exact) mass is 388 g/mol. The van der Waals surface area contributed by atoms with Gasteiger partial charge in [0.2, 0.25) is 11.9 Å². The maximum absolute atomic E-state index is 12.7. The molecule has 1 aromatic heterocycles. The van der Waals surface area contributed by atoms with Crippen LogP contribution in [0, 0.1) is 6.92 Å². The van der Waals surface area contributed by atoms with Crippen molar-refractivity contribution in [2.45, 2.75) is 33.0 Å². The lowest BCUT2D eigenvalue weighted by Crippen LogP contribution is -2.39. The van der Waals surface area contributed by atoms with E-state index in [1.165, 1.54) is 21.8 Å². The van der Waals surface area contributed by atoms with Crippen LogP contribution >= 0.6 is 0 Å². The number of aryl methyl sites for hydroxylation is 1. The number of carbonyl (C=O) groups excluding carboxylic acids is 1. The molecule has 1 N–H and O–H groups in total. The van der Waals surface area contributed by atoms with Gasteiger partial charge >= 0.3 is 0 Å². The molecule has 0 spiro atoms. The normalized spacial score (nSPS) is 13.1. The summed E-state index contributed by atoms with van der Waals surface area (Å²) in [6, 6.07) is 19.5. The van der Waals surface area contributed by atoms with Crippen molar-refractivity contribution in [2.24, 2.45) is 0 Å². The number of amides is 1. The quantitative estimate of drug-likeness (QED) is 0.729. The molecule has 0 unspecified atom stereocenters. The maximum atomic E-state index is 12.7. The van der Waals surface area contributed by atoms with Gasteiger partial charge < -0.3 is 10.2 Å². The predicted molar refractivity (Wildman–Crippen MR) is 113 cm³/mol. The van der Waals surface area contributed by atoms with Crippen molar-refractivity contribution in [3.63, 3.8) is 0 Å². The lowest BCUT2D eigenvalue weighted by molar-refractivity contribution is -0.121. The highest BCUT2D eigenvalue weighted by Gasteiger charge is 2.21. The fourth-order valence-electron chi connectivity index (χ4n) is 3.66. The molecule has 0 aliphatic carbocycles. The summed E-state index contributed by atoms with van der Waals surface area (Å²) in [6.07, 6.45) is 0.889. The molecule has 0 saturated carbocycles. The summed E-state index contributed by atoms with van der Waals surface area (Å²) in [4.78, 5) is 31.9. The number of fused-ring (bicyclic) bond motifs is 1. The van der Waals surface area contributed by atoms with Crippen LogP contribution in [0.15, 0.2) is 65.5 Å². The number of anilines is 1. The molecule has 0 atom stereocenters. The summed E-state index contributed by atoms with van der Waals surface area (Å²) in [5.74, 6) is 0.347. The standard InChI is InChI=1S/C23H24N4O2/c1-17-13-22(29)27(16-21(28)24-14-18-7-3-2-4-8-18)23(25-17)26-12-11-19-9-5-6-10-20(19)15-26/h2-10,13H,11-12,14-16H2,1H3,(H,24,28). The first-order valence-corrected chi connectivity index (χ1v) is 9.81. The Morgan fingerprint density at radius 3 is 2.59 bits per heavy atom. The van der Waals surface area contributed by atoms with Gasteiger partial charge in [0.05, 0.1) is 0 Å². The Morgan fingerprint density at radius 1 is 1.07 bits per heavy atom. The van der Waals surface area contributed by atoms with Crippen molar-refractivity contribution in [2.75, 3.05) is 11.4 Å². The minimum Gasteiger partial charge on any atom is -0.350 e. The Hall–Kier alpha value is -3.41. The van der Waals surface area contributed by atoms with Crippen molar-refractivity contribution in [3.05, 3.63) is 93.4 Å². The van der Waals surface area contributed by atoms with E-state index in [-0.39, 0.29) is 18.0 Å². The molecule has 0 saturated heterocycles. The third kappa shape index (κ3) is 4.37. The number of benzene rings is 2. The average molecular weight is 388 g/mol. The molecular formula is C23H24N4O2. The molecule has 1 aliphatic rings. The first-order valence-electron chi connectivity index (χ1n) is 9.81. The SMILES string of the molecule is Cc1cc(=O)n(CC(=O)NCc2ccccc2)c(N2CCc3ccccc3C2)n1. The molecule has 1 aliphatic heterocycles. The lowest BCUT2D eigenvalue weighted by atomic mass is 10.0. The van der Waals surface area contributed by atoms with Gasteiger partial charge in [0.1, 0.15) is 6.54 Å². The van der Waals surface area contributed by atoms with Crippen molar-refractivity contribution in [3.8, 4) is 0 Å². The number of rotatable bonds is 5. The summed E-state index contributed by atoms with van der Waals surface area (Å²) in [5.41, 5.74) is 4.02. The van der Waals surface area contributed by atoms with Gasteiger partial charge in [-0.1, -0.05) is 54.6 Å². The first-order chi connectivity index (χ1) is 14.1. The van der Waals surface area contributed by atoms with Crippen molar-refractivity contribution in [1.29, 1.82) is 0 Å². The van der Waals surface area contributed by atoms with E-state index in [1.807, 2.05) is 49.4 Å². The topological polar surface area (TPSA) is 67.2 Å². The number of hydrogen-bond donors (Lipinski definition) is 1. The molecule has 3 aromatic rings. The van der Waals surface area contributed by atoms with Gasteiger partial charge in [-0.05, 0) is 30.0 Å². The van der Waals surface area contributed by atoms with Crippen LogP contribution in [0.5, 0.6) is 0 Å². The van der Waals surface area contributed by atoms with Crippen molar-refractivity contribution < 1.29 is 4.79 Å². The van der Waals surface area contributed by atoms with E-state index < -0.39 is 0 Å². The molecule has 6 nitrogen and oxygen atoms in total. The highest BCUT2D eigenvalue weighted by Crippen LogP contribution is 2.22. The number of nitrogens with one attached hydrogen (secondary N) is 1. The van der Waals surface area contributed by atoms with Crippen LogP contribution < -0.4 is 15.8 Å². The second kappa shape index (κ2) is 8.31. The molecule has 6 heteroatoms. The Kier molecular flexibility index (Phi) is 5.42. The van der Waals surface area contributed by atoms with Gasteiger partial charge in [-0.15, -0.1) is 0 Å². The van der Waals surface area contributed by atoms with E-state index in [0.717, 1.165) is 18.5 Å². The van der Waals surface area contributed by atoms with Crippen LogP contribution in [0.1, 0.15) is 22.4 Å². The second-order valence-electron chi connectivity index (χ2n) is 7.32. The molecule has 0 fully saturated rings. The summed E-state index contributed by atoms with van der Waals surface area (Å²) < 4.78 is 1.47. The molecular weight excluding hydrogens is 364 g/mol. The Balaban J connectivity index is 1.54. The fourth-order valence-corrected chi connectivity index (χ4v) is 3.66. The van der Waals surface area contributed by atoms with Crippen LogP contribution in [-0.4, -0.2) is 22.0 Å². The largest absolute Gasteiger partial charge is 0.350 e. The van der Waals surface area contributed by atoms with E-state index in [1.54, 1.807) is 0 Å². The van der Waals surface area contributed by atoms with E-state index >= 15 is 0 Å². The Labute approximate surface area is 169 Å². The van der Waals surface area contributed by atoms with Gasteiger partial charge in [-0.2, -0.15) is 0 Å². The smallest absolute Gasteiger partial charge is 0.255 e. The highest BCUT2D eigenvalue weighted by molar-refractivity contribution is 5.76. The van der Waals surface area contributed by atoms with Gasteiger partial charge in [0, 0.05) is 31.4 Å². The van der Waals surface area contributed by atoms with Gasteiger partial charge in [0.15, 0.2) is 0 Å². The summed E-state index contributed by atoms with van der Waals surface area (Å²) >= 11 is 0. The third-order valence-corrected chi connectivity index (χ3v) is 5.16. The van der Waals surface area contributed by atoms with Gasteiger partial charge in [-0.3, -0.25) is 14.2 Å². The molecule has 148 valence electrons. The molecule has 4 rings (SSSR count). The lowest BCUT2D eigenvalue weighted by Gasteiger charge is -2.31. The zero-order chi connectivity index (χ0) is 20.2. The van der Waals surface area contributed by atoms with E-state index in [4.69, 9.17) is 0 Å². The Morgan fingerprint density at radius 2 is 1.79 bits per heavy atom. The Bertz CT molecular complexity index is 1080. The van der Waals surface area contributed by atoms with Gasteiger partial charge in [-0.25, -0.2) is 4.98 Å². The van der Waals surface area contributed by atoms with Crippen LogP contribution in [0.4, 0.5) is 5.95 Å². The van der Waals surface area contributed by atoms with Crippen molar-refractivity contribution >= 4 is 11.9 Å². The molecule has 2 heterocycles. The molecule has 1 amide bonds. The van der Waals surface area contributed by atoms with Crippen LogP contribution in [0.3, 0.4) is 0 Å². The first kappa shape index (κ1) is 18.9. The minimum absolute atomic E-state index is 0.0492. The number of aromatic nitrogens is 2. The van der Waals surface area contributed by atoms with Crippen molar-refractivity contribution in [1.82, 2.24) is 14.9 Å². The van der Waals surface area contributed by atoms with Crippen LogP contribution in [-0.2, 0) is 30.8 Å². The van der Waals surface area contributed by atoms with Crippen LogP contribution in [0.2, 0.25) is 0 Å². The zero-order valence-electron chi connectivity index (χ0n) is 16.5. The second-order valence-corrected chi connectivity index (χ2v) is 7.32. The maximum Gasteiger partial charge on any atom is 0.255 e. The highest BCUT2D eigenvalue weighted by atomic mass is 16.2. The zero-order valence-corrected chi connectivity index (χ0v) is 16.5. The molecule has 0 bridgehead atoms. The van der Waals surface area contributed by atoms with E-state index in [0.29, 0.717) is 24.7 Å². The predicted octanol–water partition coefficient (Wildman–Crippen LogP) is 2.43. The summed E-state index contributed by atoms with van der Waals surface area (Å²) in [5, 5.41) is 2.89. The van der Waals surface area contributed by atoms with Gasteiger partial charge in [0.25, 0.3) is 5.56 Å².